The molecular formula is C10H18O5. The summed E-state index contributed by atoms with van der Waals surface area (Å²) in [4.78, 5) is 30.6. The van der Waals surface area contributed by atoms with Crippen molar-refractivity contribution in [2.45, 2.75) is 52.9 Å². The van der Waals surface area contributed by atoms with Crippen LogP contribution < -0.4 is 0 Å². The van der Waals surface area contributed by atoms with Crippen LogP contribution in [0.25, 0.3) is 0 Å². The Kier molecular flexibility index (Phi) is 3.38. The minimum atomic E-state index is -0.843. The zero-order valence-electron chi connectivity index (χ0n) is 9.83. The first kappa shape index (κ1) is 12.4. The maximum absolute atomic E-state index is 11.6. The van der Waals surface area contributed by atoms with E-state index in [-0.39, 0.29) is 0 Å². The zero-order chi connectivity index (χ0) is 11.7. The van der Waals surface area contributed by atoms with Crippen molar-refractivity contribution in [3.05, 3.63) is 0 Å². The van der Waals surface area contributed by atoms with Gasteiger partial charge in [0.1, 0.15) is 11.0 Å². The van der Waals surface area contributed by atoms with Crippen molar-refractivity contribution in [3.8, 4) is 0 Å². The Morgan fingerprint density at radius 3 is 2.20 bits per heavy atom. The second kappa shape index (κ2) is 4.08. The van der Waals surface area contributed by atoms with E-state index in [1.807, 2.05) is 20.8 Å². The fourth-order valence-electron chi connectivity index (χ4n) is 0.682. The van der Waals surface area contributed by atoms with E-state index in [0.717, 1.165) is 6.42 Å². The molecule has 1 saturated heterocycles. The standard InChI is InChI=1S/C10H18O5/c1-6-9(2,3)15-12-7(11)10(4,5)8-13-14-8/h8H,6H2,1-5H3. The molecule has 0 atom stereocenters. The Hall–Kier alpha value is -0.650. The van der Waals surface area contributed by atoms with E-state index in [1.54, 1.807) is 13.8 Å². The number of carbonyl (C=O) groups excluding carboxylic acids is 1. The van der Waals surface area contributed by atoms with Crippen LogP contribution in [0, 0.1) is 5.41 Å². The maximum atomic E-state index is 11.6. The first-order valence-corrected chi connectivity index (χ1v) is 5.02. The first-order chi connectivity index (χ1) is 6.79. The van der Waals surface area contributed by atoms with E-state index in [2.05, 4.69) is 9.78 Å². The van der Waals surface area contributed by atoms with Gasteiger partial charge in [0.15, 0.2) is 0 Å². The third-order valence-electron chi connectivity index (χ3n) is 2.50. The molecule has 0 aromatic heterocycles. The van der Waals surface area contributed by atoms with Crippen LogP contribution in [0.5, 0.6) is 0 Å². The molecular weight excluding hydrogens is 200 g/mol. The molecule has 0 aromatic carbocycles. The van der Waals surface area contributed by atoms with Crippen molar-refractivity contribution in [2.75, 3.05) is 0 Å². The Morgan fingerprint density at radius 2 is 1.80 bits per heavy atom. The molecule has 1 heterocycles. The summed E-state index contributed by atoms with van der Waals surface area (Å²) >= 11 is 0. The molecule has 0 aliphatic carbocycles. The summed E-state index contributed by atoms with van der Waals surface area (Å²) in [7, 11) is 0. The molecule has 0 saturated carbocycles. The SMILES string of the molecule is CCC(C)(C)OOC(=O)C(C)(C)C1OO1. The number of carbonyl (C=O) groups is 1. The molecule has 1 aliphatic heterocycles. The first-order valence-electron chi connectivity index (χ1n) is 5.02. The molecule has 1 rings (SSSR count). The number of hydrogen-bond acceptors (Lipinski definition) is 5. The van der Waals surface area contributed by atoms with Gasteiger partial charge < -0.3 is 0 Å². The van der Waals surface area contributed by atoms with E-state index in [0.29, 0.717) is 0 Å². The van der Waals surface area contributed by atoms with Gasteiger partial charge in [-0.25, -0.2) is 4.79 Å². The molecule has 15 heavy (non-hydrogen) atoms. The number of rotatable bonds is 5. The zero-order valence-corrected chi connectivity index (χ0v) is 9.83. The van der Waals surface area contributed by atoms with Crippen LogP contribution in [-0.2, 0) is 24.3 Å². The van der Waals surface area contributed by atoms with Crippen LogP contribution in [0.4, 0.5) is 0 Å². The maximum Gasteiger partial charge on any atom is 0.353 e. The third kappa shape index (κ3) is 3.15. The smallest absolute Gasteiger partial charge is 0.297 e. The van der Waals surface area contributed by atoms with E-state index in [4.69, 9.17) is 9.78 Å². The lowest BCUT2D eigenvalue weighted by Crippen LogP contribution is -2.35. The second-order valence-electron chi connectivity index (χ2n) is 4.81. The topological polar surface area (TPSA) is 60.6 Å². The van der Waals surface area contributed by atoms with Gasteiger partial charge >= 0.3 is 5.97 Å². The van der Waals surface area contributed by atoms with Gasteiger partial charge in [-0.2, -0.15) is 14.7 Å². The van der Waals surface area contributed by atoms with E-state index < -0.39 is 23.3 Å². The van der Waals surface area contributed by atoms with Crippen molar-refractivity contribution in [3.63, 3.8) is 0 Å². The highest BCUT2D eigenvalue weighted by Crippen LogP contribution is 2.35. The highest BCUT2D eigenvalue weighted by molar-refractivity contribution is 5.76. The predicted molar refractivity (Wildman–Crippen MR) is 51.3 cm³/mol. The molecule has 1 aliphatic rings. The summed E-state index contributed by atoms with van der Waals surface area (Å²) in [6.07, 6.45) is 0.218. The summed E-state index contributed by atoms with van der Waals surface area (Å²) in [5, 5.41) is 0. The van der Waals surface area contributed by atoms with E-state index >= 15 is 0 Å². The van der Waals surface area contributed by atoms with Gasteiger partial charge in [0.05, 0.1) is 0 Å². The second-order valence-corrected chi connectivity index (χ2v) is 4.81. The van der Waals surface area contributed by atoms with Gasteiger partial charge in [-0.15, -0.1) is 0 Å². The van der Waals surface area contributed by atoms with Gasteiger partial charge in [-0.05, 0) is 34.1 Å². The van der Waals surface area contributed by atoms with E-state index in [1.165, 1.54) is 0 Å². The summed E-state index contributed by atoms with van der Waals surface area (Å²) in [6.45, 7) is 8.99. The van der Waals surface area contributed by atoms with Crippen molar-refractivity contribution < 1.29 is 24.3 Å². The van der Waals surface area contributed by atoms with Gasteiger partial charge in [0.2, 0.25) is 6.29 Å². The molecule has 0 unspecified atom stereocenters. The summed E-state index contributed by atoms with van der Waals surface area (Å²) in [6, 6.07) is 0. The molecule has 1 fully saturated rings. The molecule has 0 N–H and O–H groups in total. The summed E-state index contributed by atoms with van der Waals surface area (Å²) in [5.41, 5.74) is -1.32. The molecule has 0 amide bonds. The van der Waals surface area contributed by atoms with Gasteiger partial charge in [-0.3, -0.25) is 4.89 Å². The van der Waals surface area contributed by atoms with Gasteiger partial charge in [0.25, 0.3) is 0 Å². The Morgan fingerprint density at radius 1 is 1.27 bits per heavy atom. The minimum Gasteiger partial charge on any atom is -0.297 e. The minimum absolute atomic E-state index is 0.475. The van der Waals surface area contributed by atoms with Crippen molar-refractivity contribution in [2.24, 2.45) is 5.41 Å². The van der Waals surface area contributed by atoms with Gasteiger partial charge in [-0.1, -0.05) is 6.92 Å². The van der Waals surface area contributed by atoms with Crippen LogP contribution in [-0.4, -0.2) is 17.9 Å². The van der Waals surface area contributed by atoms with Crippen LogP contribution in [0.1, 0.15) is 41.0 Å². The monoisotopic (exact) mass is 218 g/mol. The number of hydrogen-bond donors (Lipinski definition) is 0. The average Bonchev–Trinajstić information content (AvgIpc) is 2.97. The van der Waals surface area contributed by atoms with Crippen LogP contribution >= 0.6 is 0 Å². The summed E-state index contributed by atoms with van der Waals surface area (Å²) < 4.78 is 0. The molecule has 0 spiro atoms. The Bertz CT molecular complexity index is 242. The van der Waals surface area contributed by atoms with Crippen molar-refractivity contribution in [1.29, 1.82) is 0 Å². The predicted octanol–water partition coefficient (Wildman–Crippen LogP) is 1.96. The van der Waals surface area contributed by atoms with E-state index in [9.17, 15) is 4.79 Å². The normalized spacial score (nSPS) is 17.7. The fourth-order valence-corrected chi connectivity index (χ4v) is 0.682. The van der Waals surface area contributed by atoms with Crippen LogP contribution in [0.2, 0.25) is 0 Å². The quantitative estimate of drug-likeness (QED) is 0.401. The molecule has 0 aromatic rings. The molecule has 0 bridgehead atoms. The molecule has 5 nitrogen and oxygen atoms in total. The fraction of sp³-hybridized carbons (Fsp3) is 0.900. The van der Waals surface area contributed by atoms with Crippen LogP contribution in [0.15, 0.2) is 0 Å². The van der Waals surface area contributed by atoms with Gasteiger partial charge in [0, 0.05) is 0 Å². The largest absolute Gasteiger partial charge is 0.353 e. The lowest BCUT2D eigenvalue weighted by Gasteiger charge is -2.23. The Balaban J connectivity index is 2.42. The summed E-state index contributed by atoms with van der Waals surface area (Å²) in [5.74, 6) is -0.494. The highest BCUT2D eigenvalue weighted by atomic mass is 17.4. The van der Waals surface area contributed by atoms with Crippen molar-refractivity contribution in [1.82, 2.24) is 0 Å². The van der Waals surface area contributed by atoms with Crippen molar-refractivity contribution >= 4 is 5.97 Å². The highest BCUT2D eigenvalue weighted by Gasteiger charge is 2.50. The third-order valence-corrected chi connectivity index (χ3v) is 2.50. The lowest BCUT2D eigenvalue weighted by atomic mass is 9.94. The molecule has 5 heteroatoms. The molecule has 0 radical (unpaired) electrons. The average molecular weight is 218 g/mol. The Labute approximate surface area is 89.5 Å². The van der Waals surface area contributed by atoms with Crippen LogP contribution in [0.3, 0.4) is 0 Å². The lowest BCUT2D eigenvalue weighted by molar-refractivity contribution is -0.331. The molecule has 88 valence electrons.